The normalized spacial score (nSPS) is 10.7. The van der Waals surface area contributed by atoms with E-state index in [9.17, 15) is 14.9 Å². The quantitative estimate of drug-likeness (QED) is 0.430. The van der Waals surface area contributed by atoms with Gasteiger partial charge in [-0.05, 0) is 25.1 Å². The van der Waals surface area contributed by atoms with Crippen LogP contribution in [-0.2, 0) is 4.79 Å². The number of nitro benzene ring substituents is 1. The number of benzene rings is 2. The van der Waals surface area contributed by atoms with Crippen molar-refractivity contribution >= 4 is 40.1 Å². The molecule has 3 aromatic rings. The summed E-state index contributed by atoms with van der Waals surface area (Å²) in [4.78, 5) is 26.7. The Morgan fingerprint density at radius 3 is 2.88 bits per heavy atom. The number of amides is 1. The number of thioether (sulfide) groups is 1. The van der Waals surface area contributed by atoms with E-state index in [0.717, 1.165) is 17.3 Å². The van der Waals surface area contributed by atoms with Crippen molar-refractivity contribution in [1.29, 1.82) is 0 Å². The number of fused-ring (bicyclic) bond motifs is 1. The van der Waals surface area contributed by atoms with Crippen LogP contribution in [0.4, 0.5) is 11.4 Å². The molecule has 0 aliphatic carbocycles. The predicted octanol–water partition coefficient (Wildman–Crippen LogP) is 3.78. The number of hydrogen-bond donors (Lipinski definition) is 1. The Morgan fingerprint density at radius 2 is 2.12 bits per heavy atom. The zero-order chi connectivity index (χ0) is 17.1. The molecule has 0 saturated carbocycles. The molecule has 0 aliphatic heterocycles. The molecule has 7 nitrogen and oxygen atoms in total. The van der Waals surface area contributed by atoms with Crippen LogP contribution in [0.1, 0.15) is 5.56 Å². The van der Waals surface area contributed by atoms with Gasteiger partial charge in [-0.2, -0.15) is 0 Å². The summed E-state index contributed by atoms with van der Waals surface area (Å²) < 4.78 is 5.52. The van der Waals surface area contributed by atoms with Crippen molar-refractivity contribution in [2.24, 2.45) is 0 Å². The fraction of sp³-hybridized carbons (Fsp3) is 0.125. The summed E-state index contributed by atoms with van der Waals surface area (Å²) in [5.74, 6) is -0.200. The SMILES string of the molecule is Cc1ccc(NC(=O)CSc2nc3ccccc3o2)cc1[N+](=O)[O-]. The van der Waals surface area contributed by atoms with E-state index in [0.29, 0.717) is 22.1 Å². The van der Waals surface area contributed by atoms with E-state index in [1.807, 2.05) is 18.2 Å². The van der Waals surface area contributed by atoms with Gasteiger partial charge >= 0.3 is 0 Å². The lowest BCUT2D eigenvalue weighted by Crippen LogP contribution is -2.14. The second-order valence-electron chi connectivity index (χ2n) is 5.04. The van der Waals surface area contributed by atoms with Crippen molar-refractivity contribution in [2.45, 2.75) is 12.1 Å². The first-order valence-electron chi connectivity index (χ1n) is 7.06. The number of nitrogens with one attached hydrogen (secondary N) is 1. The Balaban J connectivity index is 1.63. The molecule has 0 aliphatic rings. The monoisotopic (exact) mass is 343 g/mol. The van der Waals surface area contributed by atoms with Crippen molar-refractivity contribution in [2.75, 3.05) is 11.1 Å². The molecule has 2 aromatic carbocycles. The Bertz CT molecular complexity index is 890. The number of rotatable bonds is 5. The van der Waals surface area contributed by atoms with E-state index < -0.39 is 4.92 Å². The third kappa shape index (κ3) is 3.54. The van der Waals surface area contributed by atoms with Crippen LogP contribution in [0.3, 0.4) is 0 Å². The molecule has 1 aromatic heterocycles. The average molecular weight is 343 g/mol. The van der Waals surface area contributed by atoms with Gasteiger partial charge in [-0.3, -0.25) is 14.9 Å². The zero-order valence-electron chi connectivity index (χ0n) is 12.7. The lowest BCUT2D eigenvalue weighted by molar-refractivity contribution is -0.385. The number of aromatic nitrogens is 1. The molecule has 0 saturated heterocycles. The van der Waals surface area contributed by atoms with Crippen LogP contribution in [0.2, 0.25) is 0 Å². The summed E-state index contributed by atoms with van der Waals surface area (Å²) in [6.45, 7) is 1.65. The fourth-order valence-electron chi connectivity index (χ4n) is 2.12. The van der Waals surface area contributed by atoms with Crippen LogP contribution < -0.4 is 5.32 Å². The van der Waals surface area contributed by atoms with Crippen LogP contribution in [0.5, 0.6) is 0 Å². The van der Waals surface area contributed by atoms with Crippen LogP contribution in [0, 0.1) is 17.0 Å². The highest BCUT2D eigenvalue weighted by atomic mass is 32.2. The number of carbonyl (C=O) groups excluding carboxylic acids is 1. The molecule has 0 unspecified atom stereocenters. The molecule has 122 valence electrons. The highest BCUT2D eigenvalue weighted by Gasteiger charge is 2.13. The Labute approximate surface area is 141 Å². The van der Waals surface area contributed by atoms with E-state index in [4.69, 9.17) is 4.42 Å². The molecule has 1 N–H and O–H groups in total. The number of anilines is 1. The molecule has 0 radical (unpaired) electrons. The number of oxazole rings is 1. The van der Waals surface area contributed by atoms with E-state index >= 15 is 0 Å². The standard InChI is InChI=1S/C16H13N3O4S/c1-10-6-7-11(8-13(10)19(21)22)17-15(20)9-24-16-18-12-4-2-3-5-14(12)23-16/h2-8H,9H2,1H3,(H,17,20). The number of nitro groups is 1. The first-order chi connectivity index (χ1) is 11.5. The summed E-state index contributed by atoms with van der Waals surface area (Å²) in [6.07, 6.45) is 0. The molecular weight excluding hydrogens is 330 g/mol. The first-order valence-corrected chi connectivity index (χ1v) is 8.05. The van der Waals surface area contributed by atoms with Crippen LogP contribution in [0.15, 0.2) is 52.1 Å². The van der Waals surface area contributed by atoms with Gasteiger partial charge in [0.1, 0.15) is 5.52 Å². The second-order valence-corrected chi connectivity index (χ2v) is 5.97. The summed E-state index contributed by atoms with van der Waals surface area (Å²) in [5, 5.41) is 14.0. The number of hydrogen-bond acceptors (Lipinski definition) is 6. The number of carbonyl (C=O) groups is 1. The van der Waals surface area contributed by atoms with Gasteiger partial charge in [0.25, 0.3) is 10.9 Å². The maximum atomic E-state index is 12.0. The first kappa shape index (κ1) is 16.0. The van der Waals surface area contributed by atoms with Gasteiger partial charge in [0, 0.05) is 17.3 Å². The van der Waals surface area contributed by atoms with Crippen molar-refractivity contribution in [1.82, 2.24) is 4.98 Å². The molecular formula is C16H13N3O4S. The molecule has 0 spiro atoms. The van der Waals surface area contributed by atoms with Gasteiger partial charge < -0.3 is 9.73 Å². The lowest BCUT2D eigenvalue weighted by Gasteiger charge is -2.05. The average Bonchev–Trinajstić information content (AvgIpc) is 2.97. The van der Waals surface area contributed by atoms with E-state index in [-0.39, 0.29) is 17.3 Å². The molecule has 0 atom stereocenters. The fourth-order valence-corrected chi connectivity index (χ4v) is 2.76. The highest BCUT2D eigenvalue weighted by Crippen LogP contribution is 2.24. The van der Waals surface area contributed by atoms with E-state index in [2.05, 4.69) is 10.3 Å². The molecule has 24 heavy (non-hydrogen) atoms. The molecule has 3 rings (SSSR count). The maximum absolute atomic E-state index is 12.0. The Morgan fingerprint density at radius 1 is 1.33 bits per heavy atom. The van der Waals surface area contributed by atoms with Crippen molar-refractivity contribution in [3.8, 4) is 0 Å². The van der Waals surface area contributed by atoms with Gasteiger partial charge in [-0.25, -0.2) is 4.98 Å². The van der Waals surface area contributed by atoms with Gasteiger partial charge in [-0.1, -0.05) is 30.0 Å². The van der Waals surface area contributed by atoms with Crippen molar-refractivity contribution < 1.29 is 14.1 Å². The Hall–Kier alpha value is -2.87. The maximum Gasteiger partial charge on any atom is 0.274 e. The topological polar surface area (TPSA) is 98.3 Å². The summed E-state index contributed by atoms with van der Waals surface area (Å²) >= 11 is 1.16. The smallest absolute Gasteiger partial charge is 0.274 e. The van der Waals surface area contributed by atoms with Crippen molar-refractivity contribution in [3.05, 3.63) is 58.1 Å². The van der Waals surface area contributed by atoms with Gasteiger partial charge in [-0.15, -0.1) is 0 Å². The van der Waals surface area contributed by atoms with Gasteiger partial charge in [0.15, 0.2) is 5.58 Å². The zero-order valence-corrected chi connectivity index (χ0v) is 13.5. The molecule has 1 amide bonds. The minimum atomic E-state index is -0.474. The highest BCUT2D eigenvalue weighted by molar-refractivity contribution is 7.99. The molecule has 0 fully saturated rings. The summed E-state index contributed by atoms with van der Waals surface area (Å²) in [7, 11) is 0. The number of aryl methyl sites for hydroxylation is 1. The molecule has 1 heterocycles. The summed E-state index contributed by atoms with van der Waals surface area (Å²) in [5.41, 5.74) is 2.29. The number of nitrogens with zero attached hydrogens (tertiary/aromatic N) is 2. The van der Waals surface area contributed by atoms with Crippen LogP contribution in [-0.4, -0.2) is 21.6 Å². The third-order valence-corrected chi connectivity index (χ3v) is 4.12. The Kier molecular flexibility index (Phi) is 4.48. The second kappa shape index (κ2) is 6.71. The molecule has 0 bridgehead atoms. The van der Waals surface area contributed by atoms with E-state index in [1.165, 1.54) is 6.07 Å². The van der Waals surface area contributed by atoms with Crippen molar-refractivity contribution in [3.63, 3.8) is 0 Å². The summed E-state index contributed by atoms with van der Waals surface area (Å²) in [6, 6.07) is 11.9. The van der Waals surface area contributed by atoms with E-state index in [1.54, 1.807) is 25.1 Å². The largest absolute Gasteiger partial charge is 0.431 e. The van der Waals surface area contributed by atoms with Gasteiger partial charge in [0.2, 0.25) is 5.91 Å². The van der Waals surface area contributed by atoms with Crippen LogP contribution in [0.25, 0.3) is 11.1 Å². The third-order valence-electron chi connectivity index (χ3n) is 3.29. The molecule has 8 heteroatoms. The van der Waals surface area contributed by atoms with Crippen LogP contribution >= 0.6 is 11.8 Å². The minimum absolute atomic E-state index is 0.0283. The predicted molar refractivity (Wildman–Crippen MR) is 91.2 cm³/mol. The van der Waals surface area contributed by atoms with Gasteiger partial charge in [0.05, 0.1) is 10.7 Å². The number of para-hydroxylation sites is 2. The minimum Gasteiger partial charge on any atom is -0.431 e. The lowest BCUT2D eigenvalue weighted by atomic mass is 10.2.